The lowest BCUT2D eigenvalue weighted by molar-refractivity contribution is 0.131. The van der Waals surface area contributed by atoms with Gasteiger partial charge in [0.25, 0.3) is 0 Å². The molecular weight excluding hydrogens is 228 g/mol. The van der Waals surface area contributed by atoms with Crippen molar-refractivity contribution in [1.82, 2.24) is 0 Å². The van der Waals surface area contributed by atoms with Crippen molar-refractivity contribution in [2.75, 3.05) is 18.3 Å². The van der Waals surface area contributed by atoms with Gasteiger partial charge in [-0.3, -0.25) is 0 Å². The number of anilines is 1. The first-order chi connectivity index (χ1) is 7.77. The molecule has 0 spiro atoms. The Kier molecular flexibility index (Phi) is 5.82. The Morgan fingerprint density at radius 2 is 2.31 bits per heavy atom. The molecule has 0 saturated heterocycles. The summed E-state index contributed by atoms with van der Waals surface area (Å²) in [6.07, 6.45) is 2.04. The molecule has 16 heavy (non-hydrogen) atoms. The molecule has 0 amide bonds. The molecule has 0 aliphatic heterocycles. The number of rotatable bonds is 7. The highest BCUT2D eigenvalue weighted by atomic mass is 35.5. The molecule has 1 rings (SSSR count). The molecule has 5 heteroatoms. The third kappa shape index (κ3) is 4.16. The van der Waals surface area contributed by atoms with E-state index in [4.69, 9.17) is 16.3 Å². The van der Waals surface area contributed by atoms with Gasteiger partial charge in [0.2, 0.25) is 0 Å². The first kappa shape index (κ1) is 12.9. The average molecular weight is 243 g/mol. The SMILES string of the molecule is CCCCOCN(N=O)c1cccc(Cl)c1. The molecule has 0 saturated carbocycles. The average Bonchev–Trinajstić information content (AvgIpc) is 2.29. The van der Waals surface area contributed by atoms with E-state index in [0.717, 1.165) is 12.8 Å². The summed E-state index contributed by atoms with van der Waals surface area (Å²) in [5.41, 5.74) is 0.638. The van der Waals surface area contributed by atoms with E-state index in [9.17, 15) is 4.91 Å². The predicted molar refractivity (Wildman–Crippen MR) is 65.5 cm³/mol. The van der Waals surface area contributed by atoms with Crippen LogP contribution >= 0.6 is 11.6 Å². The third-order valence-electron chi connectivity index (χ3n) is 2.06. The molecule has 0 radical (unpaired) electrons. The van der Waals surface area contributed by atoms with Gasteiger partial charge in [0.05, 0.1) is 11.0 Å². The summed E-state index contributed by atoms with van der Waals surface area (Å²) in [6, 6.07) is 6.94. The zero-order valence-corrected chi connectivity index (χ0v) is 9.98. The van der Waals surface area contributed by atoms with E-state index in [-0.39, 0.29) is 6.73 Å². The van der Waals surface area contributed by atoms with Gasteiger partial charge in [-0.25, -0.2) is 5.01 Å². The maximum Gasteiger partial charge on any atom is 0.143 e. The summed E-state index contributed by atoms with van der Waals surface area (Å²) in [5, 5.41) is 4.70. The molecule has 88 valence electrons. The van der Waals surface area contributed by atoms with Crippen molar-refractivity contribution in [3.05, 3.63) is 34.2 Å². The Morgan fingerprint density at radius 1 is 1.50 bits per heavy atom. The highest BCUT2D eigenvalue weighted by Gasteiger charge is 2.06. The monoisotopic (exact) mass is 242 g/mol. The van der Waals surface area contributed by atoms with Crippen LogP contribution in [0, 0.1) is 4.91 Å². The third-order valence-corrected chi connectivity index (χ3v) is 2.30. The van der Waals surface area contributed by atoms with Gasteiger partial charge in [0, 0.05) is 11.6 Å². The fourth-order valence-corrected chi connectivity index (χ4v) is 1.36. The van der Waals surface area contributed by atoms with Crippen LogP contribution in [0.15, 0.2) is 29.6 Å². The minimum absolute atomic E-state index is 0.157. The van der Waals surface area contributed by atoms with Gasteiger partial charge in [0.15, 0.2) is 0 Å². The van der Waals surface area contributed by atoms with Crippen LogP contribution in [0.2, 0.25) is 5.02 Å². The van der Waals surface area contributed by atoms with Crippen LogP contribution < -0.4 is 5.01 Å². The number of ether oxygens (including phenoxy) is 1. The first-order valence-electron chi connectivity index (χ1n) is 5.22. The molecular formula is C11H15ClN2O2. The number of nitrogens with zero attached hydrogens (tertiary/aromatic N) is 2. The van der Waals surface area contributed by atoms with Gasteiger partial charge < -0.3 is 4.74 Å². The predicted octanol–water partition coefficient (Wildman–Crippen LogP) is 3.60. The molecule has 0 heterocycles. The van der Waals surface area contributed by atoms with E-state index in [2.05, 4.69) is 12.2 Å². The van der Waals surface area contributed by atoms with Crippen molar-refractivity contribution in [1.29, 1.82) is 0 Å². The molecule has 4 nitrogen and oxygen atoms in total. The van der Waals surface area contributed by atoms with Gasteiger partial charge in [0.1, 0.15) is 6.73 Å². The molecule has 0 aromatic heterocycles. The summed E-state index contributed by atoms with van der Waals surface area (Å²) in [4.78, 5) is 10.6. The smallest absolute Gasteiger partial charge is 0.143 e. The van der Waals surface area contributed by atoms with Crippen molar-refractivity contribution in [3.8, 4) is 0 Å². The minimum atomic E-state index is 0.157. The fourth-order valence-electron chi connectivity index (χ4n) is 1.18. The van der Waals surface area contributed by atoms with Crippen LogP contribution in [0.25, 0.3) is 0 Å². The normalized spacial score (nSPS) is 10.1. The Balaban J connectivity index is 2.50. The summed E-state index contributed by atoms with van der Waals surface area (Å²) < 4.78 is 5.31. The van der Waals surface area contributed by atoms with Crippen molar-refractivity contribution in [2.45, 2.75) is 19.8 Å². The molecule has 1 aromatic rings. The molecule has 0 bridgehead atoms. The molecule has 0 aliphatic rings. The second kappa shape index (κ2) is 7.19. The van der Waals surface area contributed by atoms with Gasteiger partial charge in [-0.1, -0.05) is 31.0 Å². The van der Waals surface area contributed by atoms with E-state index >= 15 is 0 Å². The van der Waals surface area contributed by atoms with Crippen molar-refractivity contribution in [3.63, 3.8) is 0 Å². The number of halogens is 1. The first-order valence-corrected chi connectivity index (χ1v) is 5.60. The topological polar surface area (TPSA) is 41.9 Å². The van der Waals surface area contributed by atoms with Crippen molar-refractivity contribution >= 4 is 17.3 Å². The standard InChI is InChI=1S/C11H15ClN2O2/c1-2-3-7-16-9-14(13-15)11-6-4-5-10(12)8-11/h4-6,8H,2-3,7,9H2,1H3. The highest BCUT2D eigenvalue weighted by Crippen LogP contribution is 2.19. The number of benzene rings is 1. The Hall–Kier alpha value is -1.13. The van der Waals surface area contributed by atoms with Crippen LogP contribution in [-0.4, -0.2) is 13.3 Å². The van der Waals surface area contributed by atoms with Gasteiger partial charge in [-0.05, 0) is 24.6 Å². The molecule has 1 aromatic carbocycles. The molecule has 0 aliphatic carbocycles. The second-order valence-electron chi connectivity index (χ2n) is 3.35. The Bertz CT molecular complexity index is 334. The lowest BCUT2D eigenvalue weighted by atomic mass is 10.3. The lowest BCUT2D eigenvalue weighted by Gasteiger charge is -2.15. The van der Waals surface area contributed by atoms with Gasteiger partial charge in [-0.2, -0.15) is 0 Å². The number of unbranched alkanes of at least 4 members (excludes halogenated alkanes) is 1. The second-order valence-corrected chi connectivity index (χ2v) is 3.79. The number of hydrogen-bond donors (Lipinski definition) is 0. The van der Waals surface area contributed by atoms with E-state index in [1.165, 1.54) is 5.01 Å². The highest BCUT2D eigenvalue weighted by molar-refractivity contribution is 6.30. The summed E-state index contributed by atoms with van der Waals surface area (Å²) >= 11 is 5.82. The fraction of sp³-hybridized carbons (Fsp3) is 0.455. The molecule has 0 unspecified atom stereocenters. The Morgan fingerprint density at radius 3 is 2.94 bits per heavy atom. The van der Waals surface area contributed by atoms with Crippen LogP contribution in [-0.2, 0) is 4.74 Å². The van der Waals surface area contributed by atoms with Crippen molar-refractivity contribution < 1.29 is 4.74 Å². The van der Waals surface area contributed by atoms with Crippen LogP contribution in [0.1, 0.15) is 19.8 Å². The largest absolute Gasteiger partial charge is 0.359 e. The van der Waals surface area contributed by atoms with E-state index < -0.39 is 0 Å². The molecule has 0 atom stereocenters. The minimum Gasteiger partial charge on any atom is -0.359 e. The van der Waals surface area contributed by atoms with E-state index in [1.54, 1.807) is 24.3 Å². The summed E-state index contributed by atoms with van der Waals surface area (Å²) in [6.45, 7) is 2.86. The van der Waals surface area contributed by atoms with Gasteiger partial charge >= 0.3 is 0 Å². The lowest BCUT2D eigenvalue weighted by Crippen LogP contribution is -2.19. The summed E-state index contributed by atoms with van der Waals surface area (Å²) in [5.74, 6) is 0. The zero-order valence-electron chi connectivity index (χ0n) is 9.23. The van der Waals surface area contributed by atoms with Crippen molar-refractivity contribution in [2.24, 2.45) is 5.29 Å². The van der Waals surface area contributed by atoms with Crippen LogP contribution in [0.5, 0.6) is 0 Å². The van der Waals surface area contributed by atoms with E-state index in [0.29, 0.717) is 17.3 Å². The maximum absolute atomic E-state index is 10.6. The quantitative estimate of drug-likeness (QED) is 0.318. The van der Waals surface area contributed by atoms with Crippen LogP contribution in [0.3, 0.4) is 0 Å². The van der Waals surface area contributed by atoms with Gasteiger partial charge in [-0.15, -0.1) is 4.91 Å². The molecule has 0 fully saturated rings. The Labute approximate surface area is 100 Å². The zero-order chi connectivity index (χ0) is 11.8. The summed E-state index contributed by atoms with van der Waals surface area (Å²) in [7, 11) is 0. The number of hydrogen-bond acceptors (Lipinski definition) is 3. The maximum atomic E-state index is 10.6. The van der Waals surface area contributed by atoms with E-state index in [1.807, 2.05) is 0 Å². The van der Waals surface area contributed by atoms with Crippen LogP contribution in [0.4, 0.5) is 5.69 Å². The number of nitroso groups, excluding NO2 is 1. The molecule has 0 N–H and O–H groups in total.